The number of carboxylic acids is 1. The predicted octanol–water partition coefficient (Wildman–Crippen LogP) is 4.18. The second-order valence-electron chi connectivity index (χ2n) is 8.77. The summed E-state index contributed by atoms with van der Waals surface area (Å²) in [6.07, 6.45) is 9.12. The summed E-state index contributed by atoms with van der Waals surface area (Å²) < 4.78 is 0. The van der Waals surface area contributed by atoms with Crippen LogP contribution in [0.1, 0.15) is 59.3 Å². The Labute approximate surface area is 139 Å². The SMILES string of the molecule is C=C[C@]1(C)C=C2CC[C@@H]3[C@](C)(CCC[C@@]3(C)C(=O)O)[C@H]2C[C@H]1O. The Morgan fingerprint density at radius 1 is 1.35 bits per heavy atom. The summed E-state index contributed by atoms with van der Waals surface area (Å²) in [6, 6.07) is 0. The van der Waals surface area contributed by atoms with Crippen molar-refractivity contribution in [2.24, 2.45) is 28.1 Å². The molecule has 0 spiro atoms. The molecule has 3 nitrogen and oxygen atoms in total. The van der Waals surface area contributed by atoms with Gasteiger partial charge in [-0.2, -0.15) is 0 Å². The Morgan fingerprint density at radius 2 is 2.04 bits per heavy atom. The molecule has 2 fully saturated rings. The van der Waals surface area contributed by atoms with Gasteiger partial charge in [-0.25, -0.2) is 0 Å². The molecular formula is C20H30O3. The molecular weight excluding hydrogens is 288 g/mol. The van der Waals surface area contributed by atoms with Gasteiger partial charge < -0.3 is 10.2 Å². The molecule has 3 heteroatoms. The minimum atomic E-state index is -0.645. The molecule has 0 aromatic carbocycles. The van der Waals surface area contributed by atoms with Gasteiger partial charge in [-0.05, 0) is 56.3 Å². The van der Waals surface area contributed by atoms with E-state index in [1.807, 2.05) is 19.9 Å². The number of carbonyl (C=O) groups is 1. The molecule has 3 rings (SSSR count). The monoisotopic (exact) mass is 318 g/mol. The zero-order chi connectivity index (χ0) is 17.0. The van der Waals surface area contributed by atoms with Gasteiger partial charge >= 0.3 is 5.97 Å². The van der Waals surface area contributed by atoms with Gasteiger partial charge in [0.05, 0.1) is 11.5 Å². The highest BCUT2D eigenvalue weighted by atomic mass is 16.4. The van der Waals surface area contributed by atoms with Crippen molar-refractivity contribution in [3.8, 4) is 0 Å². The summed E-state index contributed by atoms with van der Waals surface area (Å²) in [4.78, 5) is 12.0. The van der Waals surface area contributed by atoms with Gasteiger partial charge in [-0.15, -0.1) is 6.58 Å². The van der Waals surface area contributed by atoms with E-state index in [2.05, 4.69) is 19.6 Å². The molecule has 0 aromatic rings. The van der Waals surface area contributed by atoms with Crippen molar-refractivity contribution in [1.82, 2.24) is 0 Å². The average molecular weight is 318 g/mol. The molecule has 0 radical (unpaired) electrons. The van der Waals surface area contributed by atoms with Gasteiger partial charge in [0, 0.05) is 5.41 Å². The van der Waals surface area contributed by atoms with Gasteiger partial charge in [0.2, 0.25) is 0 Å². The van der Waals surface area contributed by atoms with Crippen molar-refractivity contribution in [3.63, 3.8) is 0 Å². The van der Waals surface area contributed by atoms with Crippen LogP contribution in [0.25, 0.3) is 0 Å². The van der Waals surface area contributed by atoms with Crippen molar-refractivity contribution in [2.45, 2.75) is 65.4 Å². The highest BCUT2D eigenvalue weighted by Gasteiger charge is 2.59. The van der Waals surface area contributed by atoms with E-state index in [0.717, 1.165) is 38.5 Å². The molecule has 0 aromatic heterocycles. The lowest BCUT2D eigenvalue weighted by Crippen LogP contribution is -2.55. The number of rotatable bonds is 2. The van der Waals surface area contributed by atoms with Gasteiger partial charge in [-0.3, -0.25) is 4.79 Å². The summed E-state index contributed by atoms with van der Waals surface area (Å²) in [5.74, 6) is -0.139. The molecule has 6 atom stereocenters. The minimum Gasteiger partial charge on any atom is -0.481 e. The van der Waals surface area contributed by atoms with Crippen LogP contribution >= 0.6 is 0 Å². The number of fused-ring (bicyclic) bond motifs is 3. The van der Waals surface area contributed by atoms with Crippen LogP contribution in [0.3, 0.4) is 0 Å². The number of aliphatic hydroxyl groups excluding tert-OH is 1. The van der Waals surface area contributed by atoms with Crippen LogP contribution in [0, 0.1) is 28.1 Å². The van der Waals surface area contributed by atoms with Crippen molar-refractivity contribution >= 4 is 5.97 Å². The molecule has 0 heterocycles. The number of allylic oxidation sites excluding steroid dienone is 1. The lowest BCUT2D eigenvalue weighted by atomic mass is 9.45. The number of aliphatic carboxylic acids is 1. The standard InChI is InChI=1S/C20H30O3/c1-5-18(2)12-13-7-8-15-19(3,14(13)11-16(18)21)9-6-10-20(15,4)17(22)23/h5,12,14-16,21H,1,6-11H2,2-4H3,(H,22,23)/t14-,15+,16+,18+,19+,20+/m0/s1. The second-order valence-corrected chi connectivity index (χ2v) is 8.77. The highest BCUT2D eigenvalue weighted by Crippen LogP contribution is 2.63. The smallest absolute Gasteiger partial charge is 0.309 e. The fourth-order valence-corrected chi connectivity index (χ4v) is 5.90. The molecule has 0 aliphatic heterocycles. The molecule has 0 bridgehead atoms. The summed E-state index contributed by atoms with van der Waals surface area (Å²) in [6.45, 7) is 10.2. The maximum Gasteiger partial charge on any atom is 0.309 e. The molecule has 0 saturated heterocycles. The maximum atomic E-state index is 12.0. The number of aliphatic hydroxyl groups is 1. The summed E-state index contributed by atoms with van der Waals surface area (Å²) >= 11 is 0. The first-order valence-corrected chi connectivity index (χ1v) is 8.94. The van der Waals surface area contributed by atoms with Crippen LogP contribution in [0.15, 0.2) is 24.3 Å². The molecule has 2 N–H and O–H groups in total. The van der Waals surface area contributed by atoms with Gasteiger partial charge in [-0.1, -0.05) is 38.0 Å². The quantitative estimate of drug-likeness (QED) is 0.751. The van der Waals surface area contributed by atoms with Gasteiger partial charge in [0.25, 0.3) is 0 Å². The van der Waals surface area contributed by atoms with E-state index >= 15 is 0 Å². The summed E-state index contributed by atoms with van der Waals surface area (Å²) in [5.41, 5.74) is 0.438. The topological polar surface area (TPSA) is 57.5 Å². The van der Waals surface area contributed by atoms with Gasteiger partial charge in [0.15, 0.2) is 0 Å². The van der Waals surface area contributed by atoms with Gasteiger partial charge in [0.1, 0.15) is 0 Å². The maximum absolute atomic E-state index is 12.0. The van der Waals surface area contributed by atoms with E-state index < -0.39 is 17.5 Å². The minimum absolute atomic E-state index is 0.0149. The van der Waals surface area contributed by atoms with Crippen LogP contribution in [0.2, 0.25) is 0 Å². The third-order valence-corrected chi connectivity index (χ3v) is 7.54. The fraction of sp³-hybridized carbons (Fsp3) is 0.750. The molecule has 0 amide bonds. The van der Waals surface area contributed by atoms with E-state index in [0.29, 0.717) is 5.92 Å². The van der Waals surface area contributed by atoms with Crippen molar-refractivity contribution < 1.29 is 15.0 Å². The number of hydrogen-bond acceptors (Lipinski definition) is 2. The normalized spacial score (nSPS) is 49.6. The lowest BCUT2D eigenvalue weighted by Gasteiger charge is -2.59. The van der Waals surface area contributed by atoms with E-state index in [1.165, 1.54) is 5.57 Å². The Kier molecular flexibility index (Phi) is 3.79. The van der Waals surface area contributed by atoms with Crippen LogP contribution < -0.4 is 0 Å². The van der Waals surface area contributed by atoms with E-state index in [-0.39, 0.29) is 16.7 Å². The molecule has 2 saturated carbocycles. The van der Waals surface area contributed by atoms with Crippen LogP contribution in [0.5, 0.6) is 0 Å². The number of carboxylic acid groups (broad SMARTS) is 1. The Bertz CT molecular complexity index is 565. The Hall–Kier alpha value is -1.09. The molecule has 128 valence electrons. The Morgan fingerprint density at radius 3 is 2.65 bits per heavy atom. The van der Waals surface area contributed by atoms with E-state index in [1.54, 1.807) is 0 Å². The number of hydrogen-bond donors (Lipinski definition) is 2. The lowest BCUT2D eigenvalue weighted by molar-refractivity contribution is -0.165. The third-order valence-electron chi connectivity index (χ3n) is 7.54. The van der Waals surface area contributed by atoms with Crippen LogP contribution in [-0.4, -0.2) is 22.3 Å². The zero-order valence-electron chi connectivity index (χ0n) is 14.6. The first-order valence-electron chi connectivity index (χ1n) is 8.94. The predicted molar refractivity (Wildman–Crippen MR) is 90.9 cm³/mol. The molecule has 3 aliphatic rings. The zero-order valence-corrected chi connectivity index (χ0v) is 14.6. The fourth-order valence-electron chi connectivity index (χ4n) is 5.90. The van der Waals surface area contributed by atoms with E-state index in [4.69, 9.17) is 0 Å². The molecule has 23 heavy (non-hydrogen) atoms. The summed E-state index contributed by atoms with van der Waals surface area (Å²) in [5, 5.41) is 20.5. The molecule has 3 aliphatic carbocycles. The first kappa shape index (κ1) is 16.8. The van der Waals surface area contributed by atoms with Crippen LogP contribution in [-0.2, 0) is 4.79 Å². The highest BCUT2D eigenvalue weighted by molar-refractivity contribution is 5.75. The van der Waals surface area contributed by atoms with Crippen molar-refractivity contribution in [1.29, 1.82) is 0 Å². The van der Waals surface area contributed by atoms with E-state index in [9.17, 15) is 15.0 Å². The second kappa shape index (κ2) is 5.20. The Balaban J connectivity index is 2.02. The van der Waals surface area contributed by atoms with Crippen LogP contribution in [0.4, 0.5) is 0 Å². The first-order chi connectivity index (χ1) is 10.7. The average Bonchev–Trinajstić information content (AvgIpc) is 2.49. The largest absolute Gasteiger partial charge is 0.481 e. The van der Waals surface area contributed by atoms with Crippen molar-refractivity contribution in [3.05, 3.63) is 24.3 Å². The summed E-state index contributed by atoms with van der Waals surface area (Å²) in [7, 11) is 0. The van der Waals surface area contributed by atoms with Crippen molar-refractivity contribution in [2.75, 3.05) is 0 Å². The molecule has 0 unspecified atom stereocenters. The third kappa shape index (κ3) is 2.23.